The molecular weight excluding hydrogens is 266 g/mol. The second kappa shape index (κ2) is 5.07. The molecule has 3 heterocycles. The van der Waals surface area contributed by atoms with E-state index in [1.54, 1.807) is 0 Å². The maximum atomic E-state index is 6.10. The number of rotatable bonds is 1. The molecule has 1 aromatic heterocycles. The molecule has 1 atom stereocenters. The van der Waals surface area contributed by atoms with Crippen LogP contribution in [0.5, 0.6) is 11.5 Å². The van der Waals surface area contributed by atoms with Gasteiger partial charge in [0, 0.05) is 30.7 Å². The summed E-state index contributed by atoms with van der Waals surface area (Å²) in [5.74, 6) is 2.63. The number of hydrogen-bond acceptors (Lipinski definition) is 5. The third-order valence-corrected chi connectivity index (χ3v) is 4.16. The van der Waals surface area contributed by atoms with Crippen molar-refractivity contribution in [3.05, 3.63) is 24.4 Å². The minimum atomic E-state index is 0.230. The molecule has 1 saturated heterocycles. The van der Waals surface area contributed by atoms with E-state index in [9.17, 15) is 0 Å². The van der Waals surface area contributed by atoms with Crippen LogP contribution in [0.15, 0.2) is 24.4 Å². The van der Waals surface area contributed by atoms with Gasteiger partial charge in [0.05, 0.1) is 0 Å². The number of ether oxygens (including phenoxy) is 2. The summed E-state index contributed by atoms with van der Waals surface area (Å²) >= 11 is 0. The number of benzene rings is 1. The minimum absolute atomic E-state index is 0.230. The molecular formula is C16H19N3O2. The summed E-state index contributed by atoms with van der Waals surface area (Å²) in [6.07, 6.45) is 4.06. The molecule has 4 rings (SSSR count). The van der Waals surface area contributed by atoms with Crippen LogP contribution in [0.3, 0.4) is 0 Å². The Kier molecular flexibility index (Phi) is 3.07. The second-order valence-corrected chi connectivity index (χ2v) is 5.70. The van der Waals surface area contributed by atoms with Gasteiger partial charge >= 0.3 is 0 Å². The number of hydrogen-bond donors (Lipinski definition) is 1. The highest BCUT2D eigenvalue weighted by atomic mass is 16.6. The normalized spacial score (nSPS) is 21.6. The van der Waals surface area contributed by atoms with Crippen molar-refractivity contribution in [3.63, 3.8) is 0 Å². The molecule has 21 heavy (non-hydrogen) atoms. The van der Waals surface area contributed by atoms with Crippen LogP contribution in [-0.2, 0) is 0 Å². The zero-order chi connectivity index (χ0) is 14.2. The molecule has 1 unspecified atom stereocenters. The maximum Gasteiger partial charge on any atom is 0.162 e. The molecule has 1 fully saturated rings. The maximum absolute atomic E-state index is 6.10. The lowest BCUT2D eigenvalue weighted by Crippen LogP contribution is -2.43. The van der Waals surface area contributed by atoms with Crippen LogP contribution < -0.4 is 20.1 Å². The van der Waals surface area contributed by atoms with Gasteiger partial charge in [0.25, 0.3) is 0 Å². The molecule has 5 heteroatoms. The van der Waals surface area contributed by atoms with Crippen molar-refractivity contribution in [3.8, 4) is 11.5 Å². The first-order chi connectivity index (χ1) is 10.3. The van der Waals surface area contributed by atoms with E-state index in [2.05, 4.69) is 9.88 Å². The molecule has 110 valence electrons. The first kappa shape index (κ1) is 12.7. The van der Waals surface area contributed by atoms with E-state index >= 15 is 0 Å². The van der Waals surface area contributed by atoms with Crippen molar-refractivity contribution in [2.75, 3.05) is 31.2 Å². The summed E-state index contributed by atoms with van der Waals surface area (Å²) in [7, 11) is 0. The molecule has 5 nitrogen and oxygen atoms in total. The summed E-state index contributed by atoms with van der Waals surface area (Å²) in [6.45, 7) is 3.08. The van der Waals surface area contributed by atoms with Gasteiger partial charge in [0.1, 0.15) is 19.0 Å². The van der Waals surface area contributed by atoms with Crippen LogP contribution in [0.1, 0.15) is 12.8 Å². The molecule has 2 aliphatic heterocycles. The third kappa shape index (κ3) is 2.27. The van der Waals surface area contributed by atoms with Gasteiger partial charge in [-0.2, -0.15) is 0 Å². The Morgan fingerprint density at radius 3 is 2.81 bits per heavy atom. The molecule has 1 aromatic carbocycles. The largest absolute Gasteiger partial charge is 0.486 e. The van der Waals surface area contributed by atoms with Gasteiger partial charge in [-0.1, -0.05) is 0 Å². The Labute approximate surface area is 123 Å². The first-order valence-corrected chi connectivity index (χ1v) is 7.50. The molecule has 2 N–H and O–H groups in total. The van der Waals surface area contributed by atoms with Crippen molar-refractivity contribution in [2.45, 2.75) is 18.9 Å². The smallest absolute Gasteiger partial charge is 0.162 e. The lowest BCUT2D eigenvalue weighted by Gasteiger charge is -2.32. The highest BCUT2D eigenvalue weighted by Gasteiger charge is 2.21. The summed E-state index contributed by atoms with van der Waals surface area (Å²) < 4.78 is 11.4. The number of piperidine rings is 1. The number of aromatic nitrogens is 1. The standard InChI is InChI=1S/C16H19N3O2/c17-12-2-1-5-19(10-12)16-13-9-15-14(20-6-7-21-15)8-11(13)3-4-18-16/h3-4,8-9,12H,1-2,5-7,10,17H2. The zero-order valence-electron chi connectivity index (χ0n) is 11.9. The highest BCUT2D eigenvalue weighted by Crippen LogP contribution is 2.37. The predicted octanol–water partition coefficient (Wildman–Crippen LogP) is 1.93. The molecule has 0 aliphatic carbocycles. The average molecular weight is 285 g/mol. The van der Waals surface area contributed by atoms with Crippen LogP contribution in [0.2, 0.25) is 0 Å². The van der Waals surface area contributed by atoms with Crippen LogP contribution in [-0.4, -0.2) is 37.3 Å². The number of fused-ring (bicyclic) bond motifs is 2. The summed E-state index contributed by atoms with van der Waals surface area (Å²) in [4.78, 5) is 6.87. The molecule has 2 aromatic rings. The quantitative estimate of drug-likeness (QED) is 0.867. The van der Waals surface area contributed by atoms with Gasteiger partial charge in [0.2, 0.25) is 0 Å². The summed E-state index contributed by atoms with van der Waals surface area (Å²) in [5.41, 5.74) is 6.10. The van der Waals surface area contributed by atoms with Crippen molar-refractivity contribution in [1.29, 1.82) is 0 Å². The number of pyridine rings is 1. The van der Waals surface area contributed by atoms with E-state index < -0.39 is 0 Å². The van der Waals surface area contributed by atoms with E-state index in [-0.39, 0.29) is 6.04 Å². The fourth-order valence-electron chi connectivity index (χ4n) is 3.15. The molecule has 0 saturated carbocycles. The van der Waals surface area contributed by atoms with Crippen LogP contribution in [0, 0.1) is 0 Å². The van der Waals surface area contributed by atoms with E-state index in [0.717, 1.165) is 54.0 Å². The van der Waals surface area contributed by atoms with E-state index in [4.69, 9.17) is 15.2 Å². The van der Waals surface area contributed by atoms with Gasteiger partial charge in [-0.05, 0) is 36.4 Å². The van der Waals surface area contributed by atoms with Crippen molar-refractivity contribution < 1.29 is 9.47 Å². The monoisotopic (exact) mass is 285 g/mol. The van der Waals surface area contributed by atoms with Gasteiger partial charge in [-0.15, -0.1) is 0 Å². The fraction of sp³-hybridized carbons (Fsp3) is 0.438. The zero-order valence-corrected chi connectivity index (χ0v) is 11.9. The molecule has 0 amide bonds. The number of anilines is 1. The van der Waals surface area contributed by atoms with E-state index in [1.165, 1.54) is 0 Å². The number of nitrogens with zero attached hydrogens (tertiary/aromatic N) is 2. The molecule has 2 aliphatic rings. The van der Waals surface area contributed by atoms with Crippen LogP contribution in [0.4, 0.5) is 5.82 Å². The summed E-state index contributed by atoms with van der Waals surface area (Å²) in [6, 6.07) is 6.33. The van der Waals surface area contributed by atoms with E-state index in [1.807, 2.05) is 24.4 Å². The summed E-state index contributed by atoms with van der Waals surface area (Å²) in [5, 5.41) is 2.24. The Balaban J connectivity index is 1.81. The topological polar surface area (TPSA) is 60.6 Å². The van der Waals surface area contributed by atoms with Crippen LogP contribution >= 0.6 is 0 Å². The van der Waals surface area contributed by atoms with Gasteiger partial charge in [-0.3, -0.25) is 0 Å². The van der Waals surface area contributed by atoms with Crippen LogP contribution in [0.25, 0.3) is 10.8 Å². The van der Waals surface area contributed by atoms with Crippen molar-refractivity contribution >= 4 is 16.6 Å². The molecule has 0 spiro atoms. The molecule has 0 radical (unpaired) electrons. The Morgan fingerprint density at radius 1 is 1.19 bits per heavy atom. The molecule has 0 bridgehead atoms. The Hall–Kier alpha value is -2.01. The van der Waals surface area contributed by atoms with E-state index in [0.29, 0.717) is 13.2 Å². The Bertz CT molecular complexity index is 674. The van der Waals surface area contributed by atoms with Gasteiger partial charge in [0.15, 0.2) is 11.5 Å². The number of nitrogens with two attached hydrogens (primary N) is 1. The predicted molar refractivity (Wildman–Crippen MR) is 82.2 cm³/mol. The first-order valence-electron chi connectivity index (χ1n) is 7.50. The average Bonchev–Trinajstić information content (AvgIpc) is 2.52. The highest BCUT2D eigenvalue weighted by molar-refractivity contribution is 5.94. The fourth-order valence-corrected chi connectivity index (χ4v) is 3.15. The minimum Gasteiger partial charge on any atom is -0.486 e. The SMILES string of the molecule is NC1CCCN(c2nccc3cc4c(cc23)OCCO4)C1. The van der Waals surface area contributed by atoms with Crippen molar-refractivity contribution in [2.24, 2.45) is 5.73 Å². The van der Waals surface area contributed by atoms with Crippen molar-refractivity contribution in [1.82, 2.24) is 4.98 Å². The van der Waals surface area contributed by atoms with Gasteiger partial charge in [-0.25, -0.2) is 4.98 Å². The lowest BCUT2D eigenvalue weighted by molar-refractivity contribution is 0.172. The Morgan fingerprint density at radius 2 is 2.00 bits per heavy atom. The lowest BCUT2D eigenvalue weighted by atomic mass is 10.0. The second-order valence-electron chi connectivity index (χ2n) is 5.70. The van der Waals surface area contributed by atoms with Gasteiger partial charge < -0.3 is 20.1 Å². The third-order valence-electron chi connectivity index (χ3n) is 4.16.